The van der Waals surface area contributed by atoms with E-state index in [2.05, 4.69) is 5.32 Å². The number of rotatable bonds is 13. The molecule has 0 saturated carbocycles. The topological polar surface area (TPSA) is 92.7 Å². The van der Waals surface area contributed by atoms with E-state index in [9.17, 15) is 13.2 Å². The van der Waals surface area contributed by atoms with Crippen LogP contribution < -0.4 is 10.1 Å². The standard InChI is InChI=1S/C26H32ClNO5S2/c1-4-21(33-22-9-6-19(17(2)14-22)7-11-25(29)30)16-28-12-5-13-35(31,32)26-18(3)23-15-20(27)8-10-24(23)34-26/h6,8-10,14-15,21,28H,4-5,7,11-13,16H2,1-3H3,(H,29,30). The Hall–Kier alpha value is -2.13. The zero-order valence-corrected chi connectivity index (χ0v) is 22.7. The molecule has 0 aliphatic rings. The number of carboxylic acids is 1. The van der Waals surface area contributed by atoms with Crippen LogP contribution in [0, 0.1) is 13.8 Å². The minimum atomic E-state index is -3.37. The number of nitrogens with one attached hydrogen (secondary N) is 1. The molecule has 0 spiro atoms. The third-order valence-electron chi connectivity index (χ3n) is 5.96. The molecular formula is C26H32ClNO5S2. The lowest BCUT2D eigenvalue weighted by Crippen LogP contribution is -2.32. The molecule has 3 rings (SSSR count). The lowest BCUT2D eigenvalue weighted by molar-refractivity contribution is -0.136. The second-order valence-corrected chi connectivity index (χ2v) is 12.5. The minimum absolute atomic E-state index is 0.0505. The van der Waals surface area contributed by atoms with Crippen molar-refractivity contribution in [2.75, 3.05) is 18.8 Å². The van der Waals surface area contributed by atoms with Crippen LogP contribution in [-0.4, -0.2) is 44.4 Å². The molecule has 1 unspecified atom stereocenters. The lowest BCUT2D eigenvalue weighted by atomic mass is 10.0. The van der Waals surface area contributed by atoms with E-state index in [1.807, 2.05) is 51.1 Å². The summed E-state index contributed by atoms with van der Waals surface area (Å²) in [5, 5.41) is 13.7. The fourth-order valence-electron chi connectivity index (χ4n) is 3.94. The second-order valence-electron chi connectivity index (χ2n) is 8.66. The van der Waals surface area contributed by atoms with Crippen LogP contribution in [0.25, 0.3) is 10.1 Å². The fraction of sp³-hybridized carbons (Fsp3) is 0.423. The van der Waals surface area contributed by atoms with Gasteiger partial charge in [-0.25, -0.2) is 8.42 Å². The maximum Gasteiger partial charge on any atom is 0.303 e. The SMILES string of the molecule is CCC(CNCCCS(=O)(=O)c1sc2ccc(Cl)cc2c1C)Oc1ccc(CCC(=O)O)c(C)c1. The van der Waals surface area contributed by atoms with Crippen molar-refractivity contribution in [1.82, 2.24) is 5.32 Å². The number of sulfone groups is 1. The summed E-state index contributed by atoms with van der Waals surface area (Å²) in [6.45, 7) is 7.01. The molecule has 2 N–H and O–H groups in total. The summed E-state index contributed by atoms with van der Waals surface area (Å²) in [6, 6.07) is 11.2. The Balaban J connectivity index is 1.48. The van der Waals surface area contributed by atoms with E-state index in [1.54, 1.807) is 6.07 Å². The number of hydrogen-bond donors (Lipinski definition) is 2. The van der Waals surface area contributed by atoms with Gasteiger partial charge in [0.2, 0.25) is 0 Å². The van der Waals surface area contributed by atoms with Crippen LogP contribution in [-0.2, 0) is 21.1 Å². The van der Waals surface area contributed by atoms with Gasteiger partial charge >= 0.3 is 5.97 Å². The molecule has 3 aromatic rings. The van der Waals surface area contributed by atoms with Crippen molar-refractivity contribution < 1.29 is 23.1 Å². The summed E-state index contributed by atoms with van der Waals surface area (Å²) in [5.41, 5.74) is 2.78. The number of carbonyl (C=O) groups is 1. The normalized spacial score (nSPS) is 12.7. The van der Waals surface area contributed by atoms with Gasteiger partial charge < -0.3 is 15.2 Å². The van der Waals surface area contributed by atoms with Crippen LogP contribution in [0.1, 0.15) is 42.9 Å². The van der Waals surface area contributed by atoms with Crippen molar-refractivity contribution in [1.29, 1.82) is 0 Å². The number of carboxylic acid groups (broad SMARTS) is 1. The smallest absolute Gasteiger partial charge is 0.303 e. The Labute approximate surface area is 216 Å². The zero-order valence-electron chi connectivity index (χ0n) is 20.3. The number of hydrogen-bond acceptors (Lipinski definition) is 6. The quantitative estimate of drug-likeness (QED) is 0.268. The van der Waals surface area contributed by atoms with Gasteiger partial charge in [0.1, 0.15) is 16.1 Å². The minimum Gasteiger partial charge on any atom is -0.489 e. The molecule has 6 nitrogen and oxygen atoms in total. The van der Waals surface area contributed by atoms with Gasteiger partial charge in [-0.1, -0.05) is 24.6 Å². The molecule has 1 heterocycles. The monoisotopic (exact) mass is 537 g/mol. The summed E-state index contributed by atoms with van der Waals surface area (Å²) in [4.78, 5) is 10.8. The maximum absolute atomic E-state index is 12.9. The molecule has 0 fully saturated rings. The summed E-state index contributed by atoms with van der Waals surface area (Å²) in [5.74, 6) is 0.0208. The van der Waals surface area contributed by atoms with Gasteiger partial charge in [-0.05, 0) is 92.1 Å². The first-order chi connectivity index (χ1) is 16.6. The Bertz CT molecular complexity index is 1290. The molecule has 0 amide bonds. The summed E-state index contributed by atoms with van der Waals surface area (Å²) in [7, 11) is -3.37. The third-order valence-corrected chi connectivity index (χ3v) is 9.97. The highest BCUT2D eigenvalue weighted by atomic mass is 35.5. The van der Waals surface area contributed by atoms with E-state index in [4.69, 9.17) is 21.4 Å². The van der Waals surface area contributed by atoms with Gasteiger partial charge in [-0.2, -0.15) is 0 Å². The van der Waals surface area contributed by atoms with Crippen molar-refractivity contribution in [2.45, 2.75) is 56.8 Å². The van der Waals surface area contributed by atoms with Gasteiger partial charge in [0.25, 0.3) is 0 Å². The number of fused-ring (bicyclic) bond motifs is 1. The molecule has 2 aromatic carbocycles. The molecule has 9 heteroatoms. The van der Waals surface area contributed by atoms with Gasteiger partial charge in [0.15, 0.2) is 9.84 Å². The maximum atomic E-state index is 12.9. The first-order valence-corrected chi connectivity index (χ1v) is 14.6. The number of halogens is 1. The van der Waals surface area contributed by atoms with E-state index in [0.717, 1.165) is 38.9 Å². The Morgan fingerprint density at radius 1 is 1.20 bits per heavy atom. The van der Waals surface area contributed by atoms with Crippen LogP contribution in [0.4, 0.5) is 0 Å². The van der Waals surface area contributed by atoms with Crippen molar-refractivity contribution in [2.24, 2.45) is 0 Å². The highest BCUT2D eigenvalue weighted by Crippen LogP contribution is 2.36. The van der Waals surface area contributed by atoms with Gasteiger partial charge in [0, 0.05) is 22.7 Å². The highest BCUT2D eigenvalue weighted by molar-refractivity contribution is 7.93. The summed E-state index contributed by atoms with van der Waals surface area (Å²) in [6.07, 6.45) is 1.86. The molecule has 0 radical (unpaired) electrons. The predicted octanol–water partition coefficient (Wildman–Crippen LogP) is 5.80. The molecule has 1 aromatic heterocycles. The van der Waals surface area contributed by atoms with Crippen molar-refractivity contribution >= 4 is 48.8 Å². The zero-order chi connectivity index (χ0) is 25.6. The Morgan fingerprint density at radius 2 is 1.97 bits per heavy atom. The number of ether oxygens (including phenoxy) is 1. The molecule has 0 bridgehead atoms. The van der Waals surface area contributed by atoms with Crippen LogP contribution >= 0.6 is 22.9 Å². The van der Waals surface area contributed by atoms with E-state index < -0.39 is 15.8 Å². The van der Waals surface area contributed by atoms with Gasteiger partial charge in [0.05, 0.1) is 5.75 Å². The van der Waals surface area contributed by atoms with Gasteiger partial charge in [-0.15, -0.1) is 11.3 Å². The summed E-state index contributed by atoms with van der Waals surface area (Å²) >= 11 is 7.38. The molecule has 0 aliphatic heterocycles. The Morgan fingerprint density at radius 3 is 2.66 bits per heavy atom. The highest BCUT2D eigenvalue weighted by Gasteiger charge is 2.21. The third kappa shape index (κ3) is 7.43. The average Bonchev–Trinajstić information content (AvgIpc) is 3.14. The molecule has 0 saturated heterocycles. The van der Waals surface area contributed by atoms with E-state index >= 15 is 0 Å². The van der Waals surface area contributed by atoms with Crippen LogP contribution in [0.15, 0.2) is 40.6 Å². The van der Waals surface area contributed by atoms with Crippen molar-refractivity contribution in [3.05, 3.63) is 58.1 Å². The fourth-order valence-corrected chi connectivity index (χ4v) is 7.34. The molecular weight excluding hydrogens is 506 g/mol. The second kappa shape index (κ2) is 12.2. The largest absolute Gasteiger partial charge is 0.489 e. The first kappa shape index (κ1) is 27.5. The number of aliphatic carboxylic acids is 1. The average molecular weight is 538 g/mol. The first-order valence-electron chi connectivity index (χ1n) is 11.7. The van der Waals surface area contributed by atoms with E-state index in [0.29, 0.717) is 35.2 Å². The van der Waals surface area contributed by atoms with Crippen molar-refractivity contribution in [3.8, 4) is 5.75 Å². The van der Waals surface area contributed by atoms with Gasteiger partial charge in [-0.3, -0.25) is 4.79 Å². The molecule has 1 atom stereocenters. The van der Waals surface area contributed by atoms with E-state index in [-0.39, 0.29) is 18.3 Å². The summed E-state index contributed by atoms with van der Waals surface area (Å²) < 4.78 is 33.3. The van der Waals surface area contributed by atoms with E-state index in [1.165, 1.54) is 11.3 Å². The van der Waals surface area contributed by atoms with Crippen LogP contribution in [0.2, 0.25) is 5.02 Å². The van der Waals surface area contributed by atoms with Crippen molar-refractivity contribution in [3.63, 3.8) is 0 Å². The predicted molar refractivity (Wildman–Crippen MR) is 143 cm³/mol. The number of benzene rings is 2. The Kier molecular flexibility index (Phi) is 9.58. The van der Waals surface area contributed by atoms with Crippen LogP contribution in [0.3, 0.4) is 0 Å². The number of thiophene rings is 1. The molecule has 190 valence electrons. The molecule has 0 aliphatic carbocycles. The number of aryl methyl sites for hydroxylation is 3. The van der Waals surface area contributed by atoms with Crippen LogP contribution in [0.5, 0.6) is 5.75 Å². The lowest BCUT2D eigenvalue weighted by Gasteiger charge is -2.19. The molecule has 35 heavy (non-hydrogen) atoms.